The SMILES string of the molecule is COc1cc(C(=O)N(CCO)CCCc2cccc(Cl)c2)cc(OC)c1C. The molecule has 0 atom stereocenters. The molecule has 0 aliphatic rings. The highest BCUT2D eigenvalue weighted by Gasteiger charge is 2.19. The van der Waals surface area contributed by atoms with Crippen LogP contribution in [-0.4, -0.2) is 49.8 Å². The third-order valence-electron chi connectivity index (χ3n) is 4.44. The van der Waals surface area contributed by atoms with Crippen molar-refractivity contribution < 1.29 is 19.4 Å². The van der Waals surface area contributed by atoms with Crippen molar-refractivity contribution >= 4 is 17.5 Å². The highest BCUT2D eigenvalue weighted by molar-refractivity contribution is 6.30. The summed E-state index contributed by atoms with van der Waals surface area (Å²) < 4.78 is 10.7. The van der Waals surface area contributed by atoms with Crippen molar-refractivity contribution in [2.45, 2.75) is 19.8 Å². The molecule has 1 amide bonds. The van der Waals surface area contributed by atoms with E-state index < -0.39 is 0 Å². The normalized spacial score (nSPS) is 10.6. The summed E-state index contributed by atoms with van der Waals surface area (Å²) >= 11 is 6.02. The molecule has 0 unspecified atom stereocenters. The minimum absolute atomic E-state index is 0.0942. The lowest BCUT2D eigenvalue weighted by molar-refractivity contribution is 0.0719. The van der Waals surface area contributed by atoms with Crippen LogP contribution in [0.1, 0.15) is 27.9 Å². The van der Waals surface area contributed by atoms with Gasteiger partial charge in [-0.2, -0.15) is 0 Å². The molecule has 146 valence electrons. The van der Waals surface area contributed by atoms with Gasteiger partial charge >= 0.3 is 0 Å². The number of aryl methyl sites for hydroxylation is 1. The lowest BCUT2D eigenvalue weighted by Gasteiger charge is -2.23. The van der Waals surface area contributed by atoms with E-state index in [2.05, 4.69) is 0 Å². The Bertz CT molecular complexity index is 754. The van der Waals surface area contributed by atoms with Crippen LogP contribution < -0.4 is 9.47 Å². The van der Waals surface area contributed by atoms with Crippen molar-refractivity contribution in [2.24, 2.45) is 0 Å². The fraction of sp³-hybridized carbons (Fsp3) is 0.381. The number of hydrogen-bond acceptors (Lipinski definition) is 4. The van der Waals surface area contributed by atoms with Gasteiger partial charge in [0.15, 0.2) is 0 Å². The number of carbonyl (C=O) groups excluding carboxylic acids is 1. The molecular weight excluding hydrogens is 366 g/mol. The van der Waals surface area contributed by atoms with Crippen LogP contribution in [0.4, 0.5) is 0 Å². The maximum Gasteiger partial charge on any atom is 0.254 e. The van der Waals surface area contributed by atoms with E-state index in [4.69, 9.17) is 21.1 Å². The maximum atomic E-state index is 13.0. The molecule has 0 saturated heterocycles. The molecule has 0 saturated carbocycles. The number of halogens is 1. The molecule has 0 radical (unpaired) electrons. The van der Waals surface area contributed by atoms with Crippen LogP contribution in [0.15, 0.2) is 36.4 Å². The Hall–Kier alpha value is -2.24. The van der Waals surface area contributed by atoms with Crippen molar-refractivity contribution in [3.05, 3.63) is 58.1 Å². The molecule has 5 nitrogen and oxygen atoms in total. The van der Waals surface area contributed by atoms with E-state index in [1.807, 2.05) is 31.2 Å². The third-order valence-corrected chi connectivity index (χ3v) is 4.67. The van der Waals surface area contributed by atoms with E-state index in [1.54, 1.807) is 31.3 Å². The van der Waals surface area contributed by atoms with Crippen LogP contribution in [0, 0.1) is 6.92 Å². The second kappa shape index (κ2) is 10.2. The zero-order chi connectivity index (χ0) is 19.8. The Morgan fingerprint density at radius 2 is 1.78 bits per heavy atom. The van der Waals surface area contributed by atoms with Crippen molar-refractivity contribution in [3.63, 3.8) is 0 Å². The highest BCUT2D eigenvalue weighted by Crippen LogP contribution is 2.30. The molecule has 0 aliphatic carbocycles. The van der Waals surface area contributed by atoms with Crippen LogP contribution in [0.3, 0.4) is 0 Å². The molecule has 2 aromatic rings. The molecule has 27 heavy (non-hydrogen) atoms. The Morgan fingerprint density at radius 1 is 1.11 bits per heavy atom. The average molecular weight is 392 g/mol. The zero-order valence-corrected chi connectivity index (χ0v) is 16.8. The predicted octanol–water partition coefficient (Wildman–Crippen LogP) is 3.73. The first-order chi connectivity index (χ1) is 13.0. The number of aliphatic hydroxyl groups excluding tert-OH is 1. The Balaban J connectivity index is 2.12. The van der Waals surface area contributed by atoms with Crippen LogP contribution in [0.2, 0.25) is 5.02 Å². The van der Waals surface area contributed by atoms with Crippen molar-refractivity contribution in [1.82, 2.24) is 4.90 Å². The predicted molar refractivity (Wildman–Crippen MR) is 107 cm³/mol. The molecule has 6 heteroatoms. The van der Waals surface area contributed by atoms with Crippen LogP contribution in [0.25, 0.3) is 0 Å². The maximum absolute atomic E-state index is 13.0. The quantitative estimate of drug-likeness (QED) is 0.707. The fourth-order valence-corrected chi connectivity index (χ4v) is 3.21. The monoisotopic (exact) mass is 391 g/mol. The smallest absolute Gasteiger partial charge is 0.254 e. The van der Waals surface area contributed by atoms with Gasteiger partial charge in [0.05, 0.1) is 20.8 Å². The van der Waals surface area contributed by atoms with Crippen LogP contribution in [-0.2, 0) is 6.42 Å². The summed E-state index contributed by atoms with van der Waals surface area (Å²) in [5.74, 6) is 1.04. The van der Waals surface area contributed by atoms with Crippen LogP contribution >= 0.6 is 11.6 Å². The molecule has 2 aromatic carbocycles. The number of ether oxygens (including phenoxy) is 2. The van der Waals surface area contributed by atoms with E-state index in [0.717, 1.165) is 24.0 Å². The van der Waals surface area contributed by atoms with Gasteiger partial charge in [-0.15, -0.1) is 0 Å². The number of methoxy groups -OCH3 is 2. The number of nitrogens with zero attached hydrogens (tertiary/aromatic N) is 1. The summed E-state index contributed by atoms with van der Waals surface area (Å²) in [4.78, 5) is 14.6. The van der Waals surface area contributed by atoms with E-state index >= 15 is 0 Å². The first-order valence-corrected chi connectivity index (χ1v) is 9.25. The number of rotatable bonds is 9. The molecule has 0 fully saturated rings. The van der Waals surface area contributed by atoms with Crippen molar-refractivity contribution in [1.29, 1.82) is 0 Å². The average Bonchev–Trinajstić information content (AvgIpc) is 2.67. The highest BCUT2D eigenvalue weighted by atomic mass is 35.5. The first-order valence-electron chi connectivity index (χ1n) is 8.87. The lowest BCUT2D eigenvalue weighted by atomic mass is 10.1. The summed E-state index contributed by atoms with van der Waals surface area (Å²) in [7, 11) is 3.12. The lowest BCUT2D eigenvalue weighted by Crippen LogP contribution is -2.34. The molecular formula is C21H26ClNO4. The number of aliphatic hydroxyl groups is 1. The number of amides is 1. The fourth-order valence-electron chi connectivity index (χ4n) is 2.99. The number of hydrogen-bond donors (Lipinski definition) is 1. The topological polar surface area (TPSA) is 59.0 Å². The van der Waals surface area contributed by atoms with Gasteiger partial charge in [-0.1, -0.05) is 23.7 Å². The summed E-state index contributed by atoms with van der Waals surface area (Å²) in [6.45, 7) is 2.59. The van der Waals surface area contributed by atoms with Gasteiger partial charge in [-0.3, -0.25) is 4.79 Å². The standard InChI is InChI=1S/C21H26ClNO4/c1-15-19(26-2)13-17(14-20(15)27-3)21(25)23(10-11-24)9-5-7-16-6-4-8-18(22)12-16/h4,6,8,12-14,24H,5,7,9-11H2,1-3H3. The van der Waals surface area contributed by atoms with E-state index in [0.29, 0.717) is 28.6 Å². The van der Waals surface area contributed by atoms with Gasteiger partial charge in [0.1, 0.15) is 11.5 Å². The summed E-state index contributed by atoms with van der Waals surface area (Å²) in [6.07, 6.45) is 1.57. The molecule has 0 aromatic heterocycles. The minimum atomic E-state index is -0.160. The Kier molecular flexibility index (Phi) is 7.95. The summed E-state index contributed by atoms with van der Waals surface area (Å²) in [5, 5.41) is 10.1. The molecule has 2 rings (SSSR count). The van der Waals surface area contributed by atoms with Gasteiger partial charge in [-0.05, 0) is 49.6 Å². The van der Waals surface area contributed by atoms with Crippen molar-refractivity contribution in [2.75, 3.05) is 33.9 Å². The summed E-state index contributed by atoms with van der Waals surface area (Å²) in [5.41, 5.74) is 2.44. The number of benzene rings is 2. The van der Waals surface area contributed by atoms with Crippen LogP contribution in [0.5, 0.6) is 11.5 Å². The number of carbonyl (C=O) groups is 1. The molecule has 0 aliphatic heterocycles. The van der Waals surface area contributed by atoms with E-state index in [-0.39, 0.29) is 19.1 Å². The van der Waals surface area contributed by atoms with Gasteiger partial charge in [0, 0.05) is 29.2 Å². The largest absolute Gasteiger partial charge is 0.496 e. The van der Waals surface area contributed by atoms with Crippen molar-refractivity contribution in [3.8, 4) is 11.5 Å². The minimum Gasteiger partial charge on any atom is -0.496 e. The van der Waals surface area contributed by atoms with Gasteiger partial charge in [0.2, 0.25) is 0 Å². The van der Waals surface area contributed by atoms with Gasteiger partial charge in [0.25, 0.3) is 5.91 Å². The van der Waals surface area contributed by atoms with E-state index in [1.165, 1.54) is 0 Å². The van der Waals surface area contributed by atoms with Gasteiger partial charge in [-0.25, -0.2) is 0 Å². The molecule has 0 spiro atoms. The van der Waals surface area contributed by atoms with E-state index in [9.17, 15) is 9.90 Å². The third kappa shape index (κ3) is 5.62. The Morgan fingerprint density at radius 3 is 2.33 bits per heavy atom. The first kappa shape index (κ1) is 21.1. The molecule has 1 N–H and O–H groups in total. The Labute approximate surface area is 165 Å². The van der Waals surface area contributed by atoms with Gasteiger partial charge < -0.3 is 19.5 Å². The molecule has 0 heterocycles. The second-order valence-electron chi connectivity index (χ2n) is 6.26. The molecule has 0 bridgehead atoms. The summed E-state index contributed by atoms with van der Waals surface area (Å²) in [6, 6.07) is 11.1. The zero-order valence-electron chi connectivity index (χ0n) is 16.0. The second-order valence-corrected chi connectivity index (χ2v) is 6.69.